The fourth-order valence-corrected chi connectivity index (χ4v) is 1.42. The second-order valence-electron chi connectivity index (χ2n) is 3.44. The summed E-state index contributed by atoms with van der Waals surface area (Å²) < 4.78 is 0. The van der Waals surface area contributed by atoms with Gasteiger partial charge in [0.05, 0.1) is 6.10 Å². The molecule has 0 fully saturated rings. The molecular formula is C13H16O. The first kappa shape index (κ1) is 10.8. The minimum absolute atomic E-state index is 0.330. The van der Waals surface area contributed by atoms with Crippen molar-refractivity contribution in [3.05, 3.63) is 35.9 Å². The molecule has 1 aromatic rings. The molecule has 1 heteroatoms. The number of aliphatic hydroxyl groups is 1. The highest BCUT2D eigenvalue weighted by Gasteiger charge is 2.01. The summed E-state index contributed by atoms with van der Waals surface area (Å²) in [5, 5.41) is 9.38. The van der Waals surface area contributed by atoms with E-state index in [0.717, 1.165) is 19.3 Å². The molecule has 14 heavy (non-hydrogen) atoms. The maximum Gasteiger partial charge on any atom is 0.0649 e. The van der Waals surface area contributed by atoms with Crippen molar-refractivity contribution < 1.29 is 5.11 Å². The molecule has 1 rings (SSSR count). The van der Waals surface area contributed by atoms with E-state index in [1.807, 2.05) is 18.2 Å². The van der Waals surface area contributed by atoms with Crippen LogP contribution in [0.25, 0.3) is 0 Å². The minimum Gasteiger partial charge on any atom is -0.392 e. The van der Waals surface area contributed by atoms with Crippen LogP contribution in [0.4, 0.5) is 0 Å². The summed E-state index contributed by atoms with van der Waals surface area (Å²) in [6, 6.07) is 10.3. The van der Waals surface area contributed by atoms with Gasteiger partial charge < -0.3 is 5.11 Å². The Morgan fingerprint density at radius 3 is 2.64 bits per heavy atom. The second kappa shape index (κ2) is 6.23. The molecule has 1 unspecified atom stereocenters. The quantitative estimate of drug-likeness (QED) is 0.703. The van der Waals surface area contributed by atoms with E-state index in [0.29, 0.717) is 6.42 Å². The minimum atomic E-state index is -0.330. The van der Waals surface area contributed by atoms with Crippen LogP contribution in [0.5, 0.6) is 0 Å². The number of rotatable bonds is 5. The molecule has 1 nitrogen and oxygen atoms in total. The summed E-state index contributed by atoms with van der Waals surface area (Å²) in [6.07, 6.45) is 8.04. The molecule has 74 valence electrons. The van der Waals surface area contributed by atoms with Crippen molar-refractivity contribution in [2.75, 3.05) is 0 Å². The summed E-state index contributed by atoms with van der Waals surface area (Å²) in [4.78, 5) is 0. The standard InChI is InChI=1S/C13H16O/c1-2-7-13(14)11-6-10-12-8-4-3-5-9-12/h1,3-5,8-9,13-14H,6-7,10-11H2. The molecule has 1 atom stereocenters. The largest absolute Gasteiger partial charge is 0.392 e. The Labute approximate surface area is 85.8 Å². The van der Waals surface area contributed by atoms with Crippen molar-refractivity contribution in [2.24, 2.45) is 0 Å². The van der Waals surface area contributed by atoms with Gasteiger partial charge in [-0.2, -0.15) is 0 Å². The van der Waals surface area contributed by atoms with Crippen molar-refractivity contribution in [3.63, 3.8) is 0 Å². The number of aliphatic hydroxyl groups excluding tert-OH is 1. The van der Waals surface area contributed by atoms with Gasteiger partial charge in [0.2, 0.25) is 0 Å². The maximum atomic E-state index is 9.38. The van der Waals surface area contributed by atoms with Crippen molar-refractivity contribution in [1.29, 1.82) is 0 Å². The summed E-state index contributed by atoms with van der Waals surface area (Å²) in [5.74, 6) is 2.47. The third-order valence-corrected chi connectivity index (χ3v) is 2.20. The van der Waals surface area contributed by atoms with Gasteiger partial charge in [-0.1, -0.05) is 30.3 Å². The predicted molar refractivity (Wildman–Crippen MR) is 58.8 cm³/mol. The Morgan fingerprint density at radius 1 is 1.29 bits per heavy atom. The monoisotopic (exact) mass is 188 g/mol. The lowest BCUT2D eigenvalue weighted by Gasteiger charge is -2.06. The van der Waals surface area contributed by atoms with Crippen LogP contribution >= 0.6 is 0 Å². The van der Waals surface area contributed by atoms with Crippen LogP contribution in [0.3, 0.4) is 0 Å². The summed E-state index contributed by atoms with van der Waals surface area (Å²) in [5.41, 5.74) is 1.32. The Morgan fingerprint density at radius 2 is 2.00 bits per heavy atom. The van der Waals surface area contributed by atoms with Gasteiger partial charge in [-0.25, -0.2) is 0 Å². The second-order valence-corrected chi connectivity index (χ2v) is 3.44. The van der Waals surface area contributed by atoms with Crippen LogP contribution in [-0.2, 0) is 6.42 Å². The van der Waals surface area contributed by atoms with Gasteiger partial charge in [-0.3, -0.25) is 0 Å². The number of benzene rings is 1. The van der Waals surface area contributed by atoms with Crippen LogP contribution in [0, 0.1) is 12.3 Å². The highest BCUT2D eigenvalue weighted by atomic mass is 16.3. The Bertz CT molecular complexity index is 284. The molecule has 1 aromatic carbocycles. The van der Waals surface area contributed by atoms with Crippen LogP contribution in [-0.4, -0.2) is 11.2 Å². The molecule has 0 saturated carbocycles. The van der Waals surface area contributed by atoms with Crippen LogP contribution in [0.15, 0.2) is 30.3 Å². The molecule has 0 saturated heterocycles. The first-order valence-electron chi connectivity index (χ1n) is 4.98. The first-order valence-corrected chi connectivity index (χ1v) is 4.98. The van der Waals surface area contributed by atoms with Gasteiger partial charge in [0, 0.05) is 6.42 Å². The zero-order valence-corrected chi connectivity index (χ0v) is 8.32. The molecule has 0 radical (unpaired) electrons. The molecule has 0 aliphatic carbocycles. The van der Waals surface area contributed by atoms with E-state index in [1.165, 1.54) is 5.56 Å². The molecule has 0 aliphatic heterocycles. The van der Waals surface area contributed by atoms with Crippen LogP contribution < -0.4 is 0 Å². The van der Waals surface area contributed by atoms with Gasteiger partial charge in [0.15, 0.2) is 0 Å². The van der Waals surface area contributed by atoms with Crippen molar-refractivity contribution in [3.8, 4) is 12.3 Å². The van der Waals surface area contributed by atoms with E-state index in [-0.39, 0.29) is 6.10 Å². The maximum absolute atomic E-state index is 9.38. The molecule has 0 spiro atoms. The SMILES string of the molecule is C#CCC(O)CCCc1ccccc1. The number of hydrogen-bond donors (Lipinski definition) is 1. The van der Waals surface area contributed by atoms with E-state index >= 15 is 0 Å². The fraction of sp³-hybridized carbons (Fsp3) is 0.385. The van der Waals surface area contributed by atoms with Crippen molar-refractivity contribution in [1.82, 2.24) is 0 Å². The number of hydrogen-bond acceptors (Lipinski definition) is 1. The molecule has 0 bridgehead atoms. The Hall–Kier alpha value is -1.26. The Balaban J connectivity index is 2.19. The molecule has 0 aliphatic rings. The van der Waals surface area contributed by atoms with Gasteiger partial charge in [-0.05, 0) is 24.8 Å². The fourth-order valence-electron chi connectivity index (χ4n) is 1.42. The van der Waals surface area contributed by atoms with E-state index in [9.17, 15) is 5.11 Å². The van der Waals surface area contributed by atoms with Gasteiger partial charge in [0.1, 0.15) is 0 Å². The van der Waals surface area contributed by atoms with Gasteiger partial charge >= 0.3 is 0 Å². The van der Waals surface area contributed by atoms with Gasteiger partial charge in [0.25, 0.3) is 0 Å². The normalized spacial score (nSPS) is 12.0. The van der Waals surface area contributed by atoms with Crippen LogP contribution in [0.2, 0.25) is 0 Å². The van der Waals surface area contributed by atoms with E-state index in [2.05, 4.69) is 18.1 Å². The highest BCUT2D eigenvalue weighted by Crippen LogP contribution is 2.07. The van der Waals surface area contributed by atoms with Crippen LogP contribution in [0.1, 0.15) is 24.8 Å². The van der Waals surface area contributed by atoms with Gasteiger partial charge in [-0.15, -0.1) is 12.3 Å². The lowest BCUT2D eigenvalue weighted by atomic mass is 10.0. The summed E-state index contributed by atoms with van der Waals surface area (Å²) in [7, 11) is 0. The van der Waals surface area contributed by atoms with E-state index in [4.69, 9.17) is 6.42 Å². The molecular weight excluding hydrogens is 172 g/mol. The first-order chi connectivity index (χ1) is 6.83. The number of aryl methyl sites for hydroxylation is 1. The zero-order valence-electron chi connectivity index (χ0n) is 8.32. The predicted octanol–water partition coefficient (Wildman–Crippen LogP) is 2.39. The van der Waals surface area contributed by atoms with Crippen molar-refractivity contribution >= 4 is 0 Å². The number of terminal acetylenes is 1. The molecule has 0 heterocycles. The Kier molecular flexibility index (Phi) is 4.82. The van der Waals surface area contributed by atoms with E-state index in [1.54, 1.807) is 0 Å². The average Bonchev–Trinajstić information content (AvgIpc) is 2.20. The molecule has 1 N–H and O–H groups in total. The zero-order chi connectivity index (χ0) is 10.2. The lowest BCUT2D eigenvalue weighted by molar-refractivity contribution is 0.167. The topological polar surface area (TPSA) is 20.2 Å². The lowest BCUT2D eigenvalue weighted by Crippen LogP contribution is -2.05. The molecule has 0 amide bonds. The van der Waals surface area contributed by atoms with E-state index < -0.39 is 0 Å². The summed E-state index contributed by atoms with van der Waals surface area (Å²) >= 11 is 0. The highest BCUT2D eigenvalue weighted by molar-refractivity contribution is 5.14. The van der Waals surface area contributed by atoms with Crippen molar-refractivity contribution in [2.45, 2.75) is 31.8 Å². The smallest absolute Gasteiger partial charge is 0.0649 e. The average molecular weight is 188 g/mol. The third kappa shape index (κ3) is 4.11. The summed E-state index contributed by atoms with van der Waals surface area (Å²) in [6.45, 7) is 0. The third-order valence-electron chi connectivity index (χ3n) is 2.20. The molecule has 0 aromatic heterocycles.